The van der Waals surface area contributed by atoms with Crippen molar-refractivity contribution in [1.29, 1.82) is 0 Å². The molecule has 5 atom stereocenters. The molecule has 6 N–H and O–H groups in total. The highest BCUT2D eigenvalue weighted by Gasteiger charge is 2.44. The van der Waals surface area contributed by atoms with E-state index >= 15 is 0 Å². The maximum atomic E-state index is 10.2. The van der Waals surface area contributed by atoms with E-state index in [4.69, 9.17) is 5.11 Å². The Balaban J connectivity index is 2.57. The number of quaternary nitrogens is 1. The van der Waals surface area contributed by atoms with E-state index in [1.807, 2.05) is 0 Å². The first-order chi connectivity index (χ1) is 7.22. The summed E-state index contributed by atoms with van der Waals surface area (Å²) in [4.78, 5) is 20.4. The quantitative estimate of drug-likeness (QED) is 0.364. The number of aliphatic hydroxyl groups excluding tert-OH is 3. The maximum absolute atomic E-state index is 10.2. The molecule has 0 aromatic heterocycles. The molecule has 0 bridgehead atoms. The minimum atomic E-state index is -5.17. The molecule has 0 amide bonds. The monoisotopic (exact) mass is 258 g/mol. The van der Waals surface area contributed by atoms with Gasteiger partial charge in [-0.2, -0.15) is 0 Å². The van der Waals surface area contributed by atoms with Crippen molar-refractivity contribution < 1.29 is 44.7 Å². The van der Waals surface area contributed by atoms with E-state index in [2.05, 4.69) is 15.0 Å². The summed E-state index contributed by atoms with van der Waals surface area (Å²) in [5.74, 6) is 0. The fourth-order valence-corrected chi connectivity index (χ4v) is 1.66. The first-order valence-electron chi connectivity index (χ1n) is 4.41. The number of hydrogen-bond donors (Lipinski definition) is 4. The van der Waals surface area contributed by atoms with Crippen molar-refractivity contribution in [1.82, 2.24) is 0 Å². The van der Waals surface area contributed by atoms with Crippen LogP contribution in [0.1, 0.15) is 0 Å². The molecule has 0 radical (unpaired) electrons. The van der Waals surface area contributed by atoms with Gasteiger partial charge in [0.25, 0.3) is 0 Å². The Labute approximate surface area is 90.6 Å². The molecule has 1 heterocycles. The molecule has 1 aliphatic heterocycles. The Bertz CT molecular complexity index is 282. The molecule has 0 aromatic carbocycles. The Morgan fingerprint density at radius 2 is 1.88 bits per heavy atom. The summed E-state index contributed by atoms with van der Waals surface area (Å²) in [6.45, 7) is -0.735. The average molecular weight is 258 g/mol. The molecule has 9 nitrogen and oxygen atoms in total. The molecule has 0 aromatic rings. The predicted octanol–water partition coefficient (Wildman–Crippen LogP) is -5.12. The van der Waals surface area contributed by atoms with Crippen molar-refractivity contribution in [2.45, 2.75) is 30.6 Å². The lowest BCUT2D eigenvalue weighted by atomic mass is 9.97. The van der Waals surface area contributed by atoms with E-state index in [1.165, 1.54) is 0 Å². The topological polar surface area (TPSA) is 170 Å². The van der Waals surface area contributed by atoms with Crippen molar-refractivity contribution in [3.63, 3.8) is 0 Å². The van der Waals surface area contributed by atoms with Crippen LogP contribution in [0.5, 0.6) is 0 Å². The van der Waals surface area contributed by atoms with E-state index in [9.17, 15) is 24.6 Å². The molecular weight excluding hydrogens is 245 g/mol. The van der Waals surface area contributed by atoms with E-state index in [-0.39, 0.29) is 0 Å². The number of aliphatic hydroxyl groups is 3. The van der Waals surface area contributed by atoms with E-state index in [0.29, 0.717) is 0 Å². The summed E-state index contributed by atoms with van der Waals surface area (Å²) in [7, 11) is -5.17. The van der Waals surface area contributed by atoms with Crippen molar-refractivity contribution in [2.75, 3.05) is 6.61 Å². The number of hydrogen-bond acceptors (Lipinski definition) is 8. The van der Waals surface area contributed by atoms with Gasteiger partial charge in [0, 0.05) is 0 Å². The Kier molecular flexibility index (Phi) is 4.41. The molecule has 1 unspecified atom stereocenters. The Morgan fingerprint density at radius 1 is 1.31 bits per heavy atom. The summed E-state index contributed by atoms with van der Waals surface area (Å²) in [6, 6.07) is -0.977. The molecule has 0 spiro atoms. The van der Waals surface area contributed by atoms with Gasteiger partial charge in [-0.25, -0.2) is 0 Å². The van der Waals surface area contributed by atoms with E-state index in [1.54, 1.807) is 0 Å². The minimum Gasteiger partial charge on any atom is -0.790 e. The third-order valence-corrected chi connectivity index (χ3v) is 2.73. The van der Waals surface area contributed by atoms with Crippen LogP contribution >= 0.6 is 7.82 Å². The van der Waals surface area contributed by atoms with Crippen LogP contribution in [0.25, 0.3) is 0 Å². The molecule has 0 aliphatic carbocycles. The maximum Gasteiger partial charge on any atom is 0.187 e. The molecule has 10 heteroatoms. The third-order valence-electron chi connectivity index (χ3n) is 2.26. The van der Waals surface area contributed by atoms with Crippen LogP contribution in [0.2, 0.25) is 0 Å². The van der Waals surface area contributed by atoms with Gasteiger partial charge >= 0.3 is 0 Å². The second kappa shape index (κ2) is 5.05. The van der Waals surface area contributed by atoms with Crippen LogP contribution in [0.15, 0.2) is 0 Å². The van der Waals surface area contributed by atoms with Crippen LogP contribution < -0.4 is 15.5 Å². The van der Waals surface area contributed by atoms with Gasteiger partial charge in [0.1, 0.15) is 18.2 Å². The zero-order valence-corrected chi connectivity index (χ0v) is 9.03. The lowest BCUT2D eigenvalue weighted by Gasteiger charge is -2.38. The summed E-state index contributed by atoms with van der Waals surface area (Å²) in [5.41, 5.74) is 3.38. The molecule has 1 fully saturated rings. The van der Waals surface area contributed by atoms with Gasteiger partial charge in [0.15, 0.2) is 12.4 Å². The highest BCUT2D eigenvalue weighted by molar-refractivity contribution is 7.43. The summed E-state index contributed by atoms with van der Waals surface area (Å²) in [6.07, 6.45) is -5.59. The second-order valence-corrected chi connectivity index (χ2v) is 4.61. The zero-order chi connectivity index (χ0) is 12.5. The van der Waals surface area contributed by atoms with E-state index < -0.39 is 45.1 Å². The minimum absolute atomic E-state index is 0.735. The van der Waals surface area contributed by atoms with Crippen LogP contribution in [0.3, 0.4) is 0 Å². The highest BCUT2D eigenvalue weighted by Crippen LogP contribution is 2.27. The standard InChI is InChI=1S/C6H14NO8P/c7-3-4(8)2(1-14-16(11,12)13)15-6(10)5(3)9/h2-6,8-10H,1,7H2,(H2,11,12,13)/p-1/t2-,3+,4-,5-,6?/m1/s1. The summed E-state index contributed by atoms with van der Waals surface area (Å²) < 4.78 is 18.8. The normalized spacial score (nSPS) is 41.0. The molecular formula is C6H13NO8P-. The van der Waals surface area contributed by atoms with Gasteiger partial charge in [-0.15, -0.1) is 0 Å². The smallest absolute Gasteiger partial charge is 0.187 e. The summed E-state index contributed by atoms with van der Waals surface area (Å²) >= 11 is 0. The van der Waals surface area contributed by atoms with Crippen molar-refractivity contribution in [3.8, 4) is 0 Å². The predicted molar refractivity (Wildman–Crippen MR) is 43.1 cm³/mol. The largest absolute Gasteiger partial charge is 0.790 e. The fourth-order valence-electron chi connectivity index (χ4n) is 1.33. The number of phosphoric ester groups is 1. The fraction of sp³-hybridized carbons (Fsp3) is 1.00. The van der Waals surface area contributed by atoms with Crippen LogP contribution in [-0.2, 0) is 13.8 Å². The van der Waals surface area contributed by atoms with Crippen molar-refractivity contribution in [2.24, 2.45) is 0 Å². The molecule has 96 valence electrons. The van der Waals surface area contributed by atoms with Gasteiger partial charge < -0.3 is 44.7 Å². The first kappa shape index (κ1) is 14.0. The third kappa shape index (κ3) is 3.45. The molecule has 0 saturated carbocycles. The summed E-state index contributed by atoms with van der Waals surface area (Å²) in [5, 5.41) is 27.9. The van der Waals surface area contributed by atoms with Crippen LogP contribution in [0.4, 0.5) is 0 Å². The number of phosphoric acid groups is 1. The van der Waals surface area contributed by atoms with Crippen LogP contribution in [0, 0.1) is 0 Å². The average Bonchev–Trinajstić information content (AvgIpc) is 2.17. The Morgan fingerprint density at radius 3 is 2.38 bits per heavy atom. The van der Waals surface area contributed by atoms with Gasteiger partial charge in [0.05, 0.1) is 14.4 Å². The Hall–Kier alpha value is -0.0900. The molecule has 16 heavy (non-hydrogen) atoms. The lowest BCUT2D eigenvalue weighted by Crippen LogP contribution is -2.78. The molecule has 1 rings (SSSR count). The van der Waals surface area contributed by atoms with Gasteiger partial charge in [-0.1, -0.05) is 0 Å². The second-order valence-electron chi connectivity index (χ2n) is 3.45. The SMILES string of the molecule is [NH3+][C@H]1[C@H](O)[C@@H](COP(=O)([O-])[O-])OC(O)[C@@H]1O. The first-order valence-corrected chi connectivity index (χ1v) is 5.88. The van der Waals surface area contributed by atoms with Gasteiger partial charge in [-0.05, 0) is 0 Å². The van der Waals surface area contributed by atoms with Crippen LogP contribution in [-0.4, -0.2) is 52.6 Å². The molecule has 1 saturated heterocycles. The van der Waals surface area contributed by atoms with Crippen molar-refractivity contribution >= 4 is 7.82 Å². The van der Waals surface area contributed by atoms with Crippen molar-refractivity contribution in [3.05, 3.63) is 0 Å². The number of rotatable bonds is 3. The zero-order valence-electron chi connectivity index (χ0n) is 8.13. The van der Waals surface area contributed by atoms with E-state index in [0.717, 1.165) is 0 Å². The molecule has 1 aliphatic rings. The van der Waals surface area contributed by atoms with Gasteiger partial charge in [-0.3, -0.25) is 0 Å². The lowest BCUT2D eigenvalue weighted by molar-refractivity contribution is -0.487. The highest BCUT2D eigenvalue weighted by atomic mass is 31.2. The number of ether oxygens (including phenoxy) is 1. The van der Waals surface area contributed by atoms with Gasteiger partial charge in [0.2, 0.25) is 0 Å².